The molecule has 46 heavy (non-hydrogen) atoms. The smallest absolute Gasteiger partial charge is 0.187 e. The Morgan fingerprint density at radius 3 is 1.00 bits per heavy atom. The normalized spacial score (nSPS) is 52.0. The topological polar surface area (TPSA) is 337 Å². The van der Waals surface area contributed by atoms with Crippen LogP contribution in [0.15, 0.2) is 0 Å². The zero-order valence-electron chi connectivity index (χ0n) is 24.5. The van der Waals surface area contributed by atoms with E-state index in [2.05, 4.69) is 0 Å². The molecule has 0 amide bonds. The highest BCUT2D eigenvalue weighted by Gasteiger charge is 2.55. The summed E-state index contributed by atoms with van der Waals surface area (Å²) in [4.78, 5) is 0. The van der Waals surface area contributed by atoms with Gasteiger partial charge in [-0.1, -0.05) is 0 Å². The quantitative estimate of drug-likeness (QED) is 0.0963. The van der Waals surface area contributed by atoms with Crippen LogP contribution in [0.4, 0.5) is 0 Å². The number of rotatable bonds is 11. The van der Waals surface area contributed by atoms with Crippen molar-refractivity contribution in [3.8, 4) is 0 Å². The third-order valence-corrected chi connectivity index (χ3v) is 8.45. The number of hydrogen-bond donors (Lipinski definition) is 13. The first-order valence-electron chi connectivity index (χ1n) is 14.5. The molecule has 20 atom stereocenters. The third kappa shape index (κ3) is 7.50. The van der Waals surface area contributed by atoms with E-state index in [0.29, 0.717) is 0 Å². The van der Waals surface area contributed by atoms with Gasteiger partial charge < -0.3 is 104 Å². The Kier molecular flexibility index (Phi) is 13.4. The lowest BCUT2D eigenvalue weighted by Gasteiger charge is -2.49. The van der Waals surface area contributed by atoms with Crippen molar-refractivity contribution in [1.82, 2.24) is 0 Å². The first kappa shape index (κ1) is 38.0. The predicted molar refractivity (Wildman–Crippen MR) is 139 cm³/mol. The van der Waals surface area contributed by atoms with Gasteiger partial charge in [-0.15, -0.1) is 0 Å². The zero-order valence-corrected chi connectivity index (χ0v) is 24.5. The lowest BCUT2D eigenvalue weighted by molar-refractivity contribution is -0.387. The van der Waals surface area contributed by atoms with E-state index in [1.54, 1.807) is 0 Å². The first-order chi connectivity index (χ1) is 21.8. The van der Waals surface area contributed by atoms with Crippen LogP contribution in [0.3, 0.4) is 0 Å². The predicted octanol–water partition coefficient (Wildman–Crippen LogP) is -9.09. The summed E-state index contributed by atoms with van der Waals surface area (Å²) >= 11 is 0. The number of hydrogen-bond acceptors (Lipinski definition) is 21. The molecule has 4 heterocycles. The maximum Gasteiger partial charge on any atom is 0.187 e. The Bertz CT molecular complexity index is 926. The van der Waals surface area contributed by atoms with Gasteiger partial charge in [-0.25, -0.2) is 0 Å². The van der Waals surface area contributed by atoms with Crippen molar-refractivity contribution in [3.63, 3.8) is 0 Å². The van der Waals surface area contributed by atoms with E-state index in [9.17, 15) is 66.4 Å². The fourth-order valence-electron chi connectivity index (χ4n) is 5.82. The summed E-state index contributed by atoms with van der Waals surface area (Å²) in [5.41, 5.74) is 0. The minimum Gasteiger partial charge on any atom is -0.394 e. The highest BCUT2D eigenvalue weighted by molar-refractivity contribution is 4.97. The average Bonchev–Trinajstić information content (AvgIpc) is 3.05. The monoisotopic (exact) mass is 680 g/mol. The number of aliphatic hydroxyl groups is 13. The van der Waals surface area contributed by atoms with Crippen LogP contribution in [0, 0.1) is 0 Å². The van der Waals surface area contributed by atoms with Crippen molar-refractivity contribution in [2.75, 3.05) is 33.5 Å². The van der Waals surface area contributed by atoms with E-state index in [0.717, 1.165) is 0 Å². The molecule has 270 valence electrons. The van der Waals surface area contributed by atoms with Gasteiger partial charge in [0.1, 0.15) is 97.7 Å². The molecule has 4 aliphatic rings. The van der Waals surface area contributed by atoms with Crippen LogP contribution in [-0.2, 0) is 37.9 Å². The van der Waals surface area contributed by atoms with Crippen molar-refractivity contribution < 1.29 is 104 Å². The summed E-state index contributed by atoms with van der Waals surface area (Å²) in [5.74, 6) is 0. The summed E-state index contributed by atoms with van der Waals surface area (Å²) in [6.45, 7) is -3.21. The molecule has 0 bridgehead atoms. The molecule has 21 nitrogen and oxygen atoms in total. The minimum atomic E-state index is -2.00. The molecule has 0 aromatic heterocycles. The second-order valence-corrected chi connectivity index (χ2v) is 11.4. The molecule has 0 aromatic rings. The molecular weight excluding hydrogens is 636 g/mol. The molecule has 0 aliphatic carbocycles. The Morgan fingerprint density at radius 1 is 0.391 bits per heavy atom. The summed E-state index contributed by atoms with van der Waals surface area (Å²) in [6, 6.07) is 0. The number of methoxy groups -OCH3 is 1. The van der Waals surface area contributed by atoms with Crippen molar-refractivity contribution in [3.05, 3.63) is 0 Å². The van der Waals surface area contributed by atoms with E-state index >= 15 is 0 Å². The van der Waals surface area contributed by atoms with Crippen LogP contribution in [0.25, 0.3) is 0 Å². The van der Waals surface area contributed by atoms with E-state index in [1.807, 2.05) is 0 Å². The Balaban J connectivity index is 1.43. The van der Waals surface area contributed by atoms with Crippen LogP contribution < -0.4 is 0 Å². The lowest BCUT2D eigenvalue weighted by atomic mass is 9.95. The SMILES string of the molecule is CO[C@@H]1C(CO)O[C@@H](O[C@@H]2C(CO)O[C@@H](O[C@@H]3C(CO)O[C@@H](O[C@@H]4C(CO)O[C@@H](O)C(O)[C@H]4O)C(O)[C@H]3O)C(O)[C@H]2O)C(O)[C@H]1O. The van der Waals surface area contributed by atoms with Gasteiger partial charge in [0.15, 0.2) is 25.2 Å². The zero-order chi connectivity index (χ0) is 34.0. The molecule has 0 radical (unpaired) electrons. The molecule has 4 rings (SSSR count). The molecule has 4 fully saturated rings. The van der Waals surface area contributed by atoms with Gasteiger partial charge in [0.2, 0.25) is 0 Å². The molecule has 8 unspecified atom stereocenters. The Morgan fingerprint density at radius 2 is 0.674 bits per heavy atom. The summed E-state index contributed by atoms with van der Waals surface area (Å²) in [6.07, 6.45) is -33.8. The number of aliphatic hydroxyl groups excluding tert-OH is 13. The summed E-state index contributed by atoms with van der Waals surface area (Å²) in [5, 5.41) is 133. The summed E-state index contributed by atoms with van der Waals surface area (Å²) < 4.78 is 43.2. The maximum absolute atomic E-state index is 10.9. The largest absolute Gasteiger partial charge is 0.394 e. The standard InChI is InChI=1S/C25H44O21/c1-39-18-6(2-26)41-23(15(35)11(18)31)45-20-8(4-28)43-25(17(37)13(20)33)46-21-9(5-29)42-24(16(36)12(21)32)44-19-7(3-27)40-22(38)14(34)10(19)30/h6-38H,2-5H2,1H3/t6?,7?,8?,9?,10-,11-,12-,13-,14?,15?,16?,17?,18-,19-,20-,21-,22-,23+,24+,25+/m1/s1. The van der Waals surface area contributed by atoms with Crippen molar-refractivity contribution in [2.24, 2.45) is 0 Å². The molecule has 0 aromatic carbocycles. The van der Waals surface area contributed by atoms with E-state index < -0.39 is 149 Å². The molecule has 0 saturated carbocycles. The van der Waals surface area contributed by atoms with Gasteiger partial charge in [-0.2, -0.15) is 0 Å². The van der Waals surface area contributed by atoms with E-state index in [1.165, 1.54) is 7.11 Å². The third-order valence-electron chi connectivity index (χ3n) is 8.45. The van der Waals surface area contributed by atoms with Crippen LogP contribution in [0.1, 0.15) is 0 Å². The Labute approximate surface area is 261 Å². The lowest BCUT2D eigenvalue weighted by Crippen LogP contribution is -2.67. The molecule has 13 N–H and O–H groups in total. The maximum atomic E-state index is 10.9. The van der Waals surface area contributed by atoms with Crippen LogP contribution in [0.2, 0.25) is 0 Å². The molecule has 0 spiro atoms. The van der Waals surface area contributed by atoms with Gasteiger partial charge in [0, 0.05) is 7.11 Å². The highest BCUT2D eigenvalue weighted by atomic mass is 16.8. The highest BCUT2D eigenvalue weighted by Crippen LogP contribution is 2.34. The average molecular weight is 681 g/mol. The second kappa shape index (κ2) is 16.2. The number of ether oxygens (including phenoxy) is 8. The van der Waals surface area contributed by atoms with Gasteiger partial charge in [0.25, 0.3) is 0 Å². The fourth-order valence-corrected chi connectivity index (χ4v) is 5.82. The van der Waals surface area contributed by atoms with Crippen LogP contribution in [0.5, 0.6) is 0 Å². The molecule has 4 aliphatic heterocycles. The molecule has 21 heteroatoms. The first-order valence-corrected chi connectivity index (χ1v) is 14.5. The van der Waals surface area contributed by atoms with Crippen molar-refractivity contribution >= 4 is 0 Å². The van der Waals surface area contributed by atoms with Gasteiger partial charge in [-0.05, 0) is 0 Å². The Hall–Kier alpha value is -0.840. The second-order valence-electron chi connectivity index (χ2n) is 11.4. The van der Waals surface area contributed by atoms with Crippen LogP contribution in [-0.4, -0.2) is 223 Å². The molecule has 4 saturated heterocycles. The van der Waals surface area contributed by atoms with E-state index in [4.69, 9.17) is 37.9 Å². The van der Waals surface area contributed by atoms with Gasteiger partial charge >= 0.3 is 0 Å². The van der Waals surface area contributed by atoms with Gasteiger partial charge in [-0.3, -0.25) is 0 Å². The van der Waals surface area contributed by atoms with Gasteiger partial charge in [0.05, 0.1) is 26.4 Å². The van der Waals surface area contributed by atoms with Crippen LogP contribution >= 0.6 is 0 Å². The fraction of sp³-hybridized carbons (Fsp3) is 1.00. The summed E-state index contributed by atoms with van der Waals surface area (Å²) in [7, 11) is 1.21. The van der Waals surface area contributed by atoms with Crippen molar-refractivity contribution in [1.29, 1.82) is 0 Å². The van der Waals surface area contributed by atoms with E-state index in [-0.39, 0.29) is 0 Å². The molecular formula is C25H44O21. The minimum absolute atomic E-state index is 0.647. The van der Waals surface area contributed by atoms with Crippen molar-refractivity contribution in [2.45, 2.75) is 123 Å².